The zero-order chi connectivity index (χ0) is 12.3. The Kier molecular flexibility index (Phi) is 3.28. The predicted molar refractivity (Wildman–Crippen MR) is 66.6 cm³/mol. The average Bonchev–Trinajstić information content (AvgIpc) is 2.27. The van der Waals surface area contributed by atoms with Gasteiger partial charge in [-0.2, -0.15) is 0 Å². The van der Waals surface area contributed by atoms with Crippen molar-refractivity contribution in [3.63, 3.8) is 0 Å². The van der Waals surface area contributed by atoms with Crippen LogP contribution in [0.4, 0.5) is 10.1 Å². The third-order valence-electron chi connectivity index (χ3n) is 2.49. The van der Waals surface area contributed by atoms with E-state index in [0.717, 1.165) is 11.8 Å². The maximum absolute atomic E-state index is 13.0. The van der Waals surface area contributed by atoms with E-state index in [2.05, 4.69) is 5.32 Å². The van der Waals surface area contributed by atoms with Crippen molar-refractivity contribution in [2.75, 3.05) is 5.32 Å². The number of anilines is 1. The lowest BCUT2D eigenvalue weighted by Crippen LogP contribution is -1.99. The molecule has 0 heterocycles. The van der Waals surface area contributed by atoms with Crippen LogP contribution in [-0.2, 0) is 6.54 Å². The zero-order valence-electron chi connectivity index (χ0n) is 9.57. The van der Waals surface area contributed by atoms with Gasteiger partial charge in [-0.05, 0) is 36.8 Å². The normalized spacial score (nSPS) is 10.2. The van der Waals surface area contributed by atoms with Gasteiger partial charge < -0.3 is 10.4 Å². The number of phenols is 1. The van der Waals surface area contributed by atoms with Gasteiger partial charge in [0.1, 0.15) is 11.6 Å². The fraction of sp³-hybridized carbons (Fsp3) is 0.143. The van der Waals surface area contributed by atoms with Crippen LogP contribution in [0.1, 0.15) is 11.1 Å². The van der Waals surface area contributed by atoms with Crippen LogP contribution < -0.4 is 5.32 Å². The molecule has 0 bridgehead atoms. The van der Waals surface area contributed by atoms with Crippen molar-refractivity contribution in [3.8, 4) is 5.75 Å². The Morgan fingerprint density at radius 3 is 2.47 bits per heavy atom. The van der Waals surface area contributed by atoms with Crippen molar-refractivity contribution in [2.24, 2.45) is 0 Å². The third-order valence-corrected chi connectivity index (χ3v) is 2.49. The lowest BCUT2D eigenvalue weighted by molar-refractivity contribution is 0.468. The van der Waals surface area contributed by atoms with Crippen LogP contribution in [0.15, 0.2) is 42.5 Å². The van der Waals surface area contributed by atoms with Crippen LogP contribution in [0.3, 0.4) is 0 Å². The molecule has 88 valence electrons. The molecule has 2 rings (SSSR count). The summed E-state index contributed by atoms with van der Waals surface area (Å²) in [5.74, 6) is -0.476. The lowest BCUT2D eigenvalue weighted by atomic mass is 10.2. The fourth-order valence-corrected chi connectivity index (χ4v) is 1.61. The Morgan fingerprint density at radius 1 is 1.12 bits per heavy atom. The van der Waals surface area contributed by atoms with E-state index in [4.69, 9.17) is 0 Å². The molecule has 3 heteroatoms. The van der Waals surface area contributed by atoms with E-state index >= 15 is 0 Å². The molecule has 2 nitrogen and oxygen atoms in total. The van der Waals surface area contributed by atoms with Gasteiger partial charge in [-0.15, -0.1) is 0 Å². The highest BCUT2D eigenvalue weighted by Gasteiger charge is 1.99. The van der Waals surface area contributed by atoms with E-state index in [1.807, 2.05) is 31.2 Å². The largest absolute Gasteiger partial charge is 0.508 e. The summed E-state index contributed by atoms with van der Waals surface area (Å²) >= 11 is 0. The number of rotatable bonds is 3. The number of halogens is 1. The molecule has 2 aromatic rings. The van der Waals surface area contributed by atoms with Crippen LogP contribution in [0, 0.1) is 12.7 Å². The standard InChI is InChI=1S/C14H14FNO/c1-10-2-4-13(5-3-10)16-9-11-6-12(15)8-14(17)7-11/h2-8,16-17H,9H2,1H3. The van der Waals surface area contributed by atoms with Crippen LogP contribution in [0.2, 0.25) is 0 Å². The molecule has 17 heavy (non-hydrogen) atoms. The molecule has 2 aromatic carbocycles. The van der Waals surface area contributed by atoms with Gasteiger partial charge in [0.2, 0.25) is 0 Å². The van der Waals surface area contributed by atoms with Gasteiger partial charge in [-0.3, -0.25) is 0 Å². The number of hydrogen-bond acceptors (Lipinski definition) is 2. The van der Waals surface area contributed by atoms with Crippen LogP contribution >= 0.6 is 0 Å². The fourth-order valence-electron chi connectivity index (χ4n) is 1.61. The van der Waals surface area contributed by atoms with E-state index in [-0.39, 0.29) is 5.75 Å². The van der Waals surface area contributed by atoms with Crippen molar-refractivity contribution in [2.45, 2.75) is 13.5 Å². The van der Waals surface area contributed by atoms with Crippen molar-refractivity contribution >= 4 is 5.69 Å². The molecule has 2 N–H and O–H groups in total. The van der Waals surface area contributed by atoms with Gasteiger partial charge in [0.15, 0.2) is 0 Å². The maximum Gasteiger partial charge on any atom is 0.127 e. The van der Waals surface area contributed by atoms with Crippen molar-refractivity contribution < 1.29 is 9.50 Å². The highest BCUT2D eigenvalue weighted by Crippen LogP contribution is 2.16. The Morgan fingerprint density at radius 2 is 1.82 bits per heavy atom. The van der Waals surface area contributed by atoms with Crippen molar-refractivity contribution in [1.82, 2.24) is 0 Å². The minimum atomic E-state index is -0.425. The Labute approximate surface area is 99.7 Å². The van der Waals surface area contributed by atoms with Crippen LogP contribution in [0.5, 0.6) is 5.75 Å². The second kappa shape index (κ2) is 4.87. The van der Waals surface area contributed by atoms with Crippen molar-refractivity contribution in [3.05, 3.63) is 59.4 Å². The molecule has 0 unspecified atom stereocenters. The molecule has 0 saturated carbocycles. The zero-order valence-corrected chi connectivity index (χ0v) is 9.57. The second-order valence-corrected chi connectivity index (χ2v) is 4.04. The minimum absolute atomic E-state index is 0.0503. The number of phenolic OH excluding ortho intramolecular Hbond substituents is 1. The predicted octanol–water partition coefficient (Wildman–Crippen LogP) is 3.45. The van der Waals surface area contributed by atoms with E-state index < -0.39 is 5.82 Å². The summed E-state index contributed by atoms with van der Waals surface area (Å²) in [6, 6.07) is 12.0. The molecule has 0 aliphatic carbocycles. The number of aromatic hydroxyl groups is 1. The van der Waals surface area contributed by atoms with Crippen molar-refractivity contribution in [1.29, 1.82) is 0 Å². The first-order valence-corrected chi connectivity index (χ1v) is 5.42. The number of benzene rings is 2. The van der Waals surface area contributed by atoms with E-state index in [0.29, 0.717) is 12.1 Å². The molecule has 0 saturated heterocycles. The lowest BCUT2D eigenvalue weighted by Gasteiger charge is -2.07. The van der Waals surface area contributed by atoms with Crippen LogP contribution in [0.25, 0.3) is 0 Å². The van der Waals surface area contributed by atoms with E-state index in [1.165, 1.54) is 11.6 Å². The molecule has 0 amide bonds. The quantitative estimate of drug-likeness (QED) is 0.848. The SMILES string of the molecule is Cc1ccc(NCc2cc(O)cc(F)c2)cc1. The first kappa shape index (κ1) is 11.5. The van der Waals surface area contributed by atoms with Gasteiger partial charge in [0.25, 0.3) is 0 Å². The molecular weight excluding hydrogens is 217 g/mol. The average molecular weight is 231 g/mol. The van der Waals surface area contributed by atoms with Gasteiger partial charge in [0.05, 0.1) is 0 Å². The molecular formula is C14H14FNO. The second-order valence-electron chi connectivity index (χ2n) is 4.04. The number of hydrogen-bond donors (Lipinski definition) is 2. The number of aryl methyl sites for hydroxylation is 1. The van der Waals surface area contributed by atoms with Crippen LogP contribution in [-0.4, -0.2) is 5.11 Å². The summed E-state index contributed by atoms with van der Waals surface area (Å²) in [7, 11) is 0. The first-order chi connectivity index (χ1) is 8.13. The summed E-state index contributed by atoms with van der Waals surface area (Å²) in [6.45, 7) is 2.50. The first-order valence-electron chi connectivity index (χ1n) is 5.42. The van der Waals surface area contributed by atoms with E-state index in [9.17, 15) is 9.50 Å². The summed E-state index contributed by atoms with van der Waals surface area (Å²) in [4.78, 5) is 0. The summed E-state index contributed by atoms with van der Waals surface area (Å²) in [5.41, 5.74) is 2.88. The van der Waals surface area contributed by atoms with Gasteiger partial charge in [-0.1, -0.05) is 17.7 Å². The third kappa shape index (κ3) is 3.21. The highest BCUT2D eigenvalue weighted by molar-refractivity contribution is 5.45. The van der Waals surface area contributed by atoms with Gasteiger partial charge in [0, 0.05) is 18.3 Å². The summed E-state index contributed by atoms with van der Waals surface area (Å²) in [5, 5.41) is 12.4. The molecule has 0 spiro atoms. The monoisotopic (exact) mass is 231 g/mol. The Hall–Kier alpha value is -2.03. The molecule has 0 atom stereocenters. The number of nitrogens with one attached hydrogen (secondary N) is 1. The Bertz CT molecular complexity index is 488. The summed E-state index contributed by atoms with van der Waals surface area (Å²) in [6.07, 6.45) is 0. The topological polar surface area (TPSA) is 32.3 Å². The minimum Gasteiger partial charge on any atom is -0.508 e. The maximum atomic E-state index is 13.0. The van der Waals surface area contributed by atoms with E-state index in [1.54, 1.807) is 6.07 Å². The molecule has 0 aromatic heterocycles. The molecule has 0 aliphatic heterocycles. The van der Waals surface area contributed by atoms with Gasteiger partial charge in [-0.25, -0.2) is 4.39 Å². The molecule has 0 aliphatic rings. The summed E-state index contributed by atoms with van der Waals surface area (Å²) < 4.78 is 13.0. The molecule has 0 fully saturated rings. The highest BCUT2D eigenvalue weighted by atomic mass is 19.1. The van der Waals surface area contributed by atoms with Gasteiger partial charge >= 0.3 is 0 Å². The molecule has 0 radical (unpaired) electrons. The Balaban J connectivity index is 2.04. The smallest absolute Gasteiger partial charge is 0.127 e.